The molecule has 0 saturated carbocycles. The van der Waals surface area contributed by atoms with E-state index in [-0.39, 0.29) is 17.2 Å². The fourth-order valence-electron chi connectivity index (χ4n) is 5.26. The fourth-order valence-corrected chi connectivity index (χ4v) is 5.26. The number of carboxylic acids is 2. The number of carbonyl (C=O) groups is 2. The number of carboxylic acid groups (broad SMARTS) is 2. The minimum absolute atomic E-state index is 0.0662. The van der Waals surface area contributed by atoms with Gasteiger partial charge in [-0.05, 0) is 91.2 Å². The first-order valence-electron chi connectivity index (χ1n) is 14.8. The van der Waals surface area contributed by atoms with Crippen molar-refractivity contribution in [1.82, 2.24) is 30.1 Å². The van der Waals surface area contributed by atoms with Crippen LogP contribution in [0.1, 0.15) is 68.6 Å². The molecule has 5 rings (SSSR count). The van der Waals surface area contributed by atoms with E-state index in [9.17, 15) is 4.79 Å². The van der Waals surface area contributed by atoms with E-state index in [2.05, 4.69) is 64.4 Å². The first kappa shape index (κ1) is 33.3. The van der Waals surface area contributed by atoms with Gasteiger partial charge in [-0.3, -0.25) is 9.69 Å². The number of benzene rings is 2. The summed E-state index contributed by atoms with van der Waals surface area (Å²) >= 11 is 0. The second kappa shape index (κ2) is 14.4. The number of aromatic nitrogens is 5. The molecule has 1 fully saturated rings. The van der Waals surface area contributed by atoms with Gasteiger partial charge in [0.15, 0.2) is 5.82 Å². The van der Waals surface area contributed by atoms with E-state index in [1.807, 2.05) is 41.9 Å². The van der Waals surface area contributed by atoms with Gasteiger partial charge >= 0.3 is 11.9 Å². The second-order valence-corrected chi connectivity index (χ2v) is 11.7. The van der Waals surface area contributed by atoms with Crippen molar-refractivity contribution in [3.8, 4) is 5.75 Å². The largest absolute Gasteiger partial charge is 0.497 e. The Labute approximate surface area is 260 Å². The molecule has 240 valence electrons. The average molecular weight is 621 g/mol. The molecule has 4 aromatic rings. The van der Waals surface area contributed by atoms with Crippen LogP contribution in [0.5, 0.6) is 5.75 Å². The van der Waals surface area contributed by atoms with E-state index in [4.69, 9.17) is 29.3 Å². The summed E-state index contributed by atoms with van der Waals surface area (Å²) < 4.78 is 13.3. The molecule has 13 heteroatoms. The summed E-state index contributed by atoms with van der Waals surface area (Å²) in [5.41, 5.74) is 3.13. The minimum atomic E-state index is -1.82. The van der Waals surface area contributed by atoms with Crippen molar-refractivity contribution < 1.29 is 29.3 Å². The van der Waals surface area contributed by atoms with E-state index in [1.165, 1.54) is 0 Å². The lowest BCUT2D eigenvalue weighted by Gasteiger charge is -2.34. The number of pyridine rings is 1. The van der Waals surface area contributed by atoms with Gasteiger partial charge in [0.2, 0.25) is 0 Å². The van der Waals surface area contributed by atoms with Gasteiger partial charge in [0, 0.05) is 30.8 Å². The zero-order chi connectivity index (χ0) is 32.7. The third kappa shape index (κ3) is 8.11. The molecule has 0 amide bonds. The summed E-state index contributed by atoms with van der Waals surface area (Å²) in [6, 6.07) is 15.7. The van der Waals surface area contributed by atoms with Crippen LogP contribution in [-0.2, 0) is 26.4 Å². The number of methoxy groups -OCH3 is 1. The number of tetrazole rings is 1. The Morgan fingerprint density at radius 1 is 1.16 bits per heavy atom. The minimum Gasteiger partial charge on any atom is -0.497 e. The first-order chi connectivity index (χ1) is 21.4. The Bertz CT molecular complexity index is 1660. The molecule has 0 radical (unpaired) electrons. The molecule has 0 bridgehead atoms. The van der Waals surface area contributed by atoms with E-state index in [1.54, 1.807) is 7.11 Å². The van der Waals surface area contributed by atoms with Crippen LogP contribution in [0, 0.1) is 6.92 Å². The topological polar surface area (TPSA) is 173 Å². The van der Waals surface area contributed by atoms with Crippen molar-refractivity contribution in [3.63, 3.8) is 0 Å². The molecule has 45 heavy (non-hydrogen) atoms. The van der Waals surface area contributed by atoms with Gasteiger partial charge in [0.1, 0.15) is 11.8 Å². The predicted octanol–water partition coefficient (Wildman–Crippen LogP) is 3.90. The number of nitrogens with one attached hydrogen (secondary N) is 1. The summed E-state index contributed by atoms with van der Waals surface area (Å²) in [4.78, 5) is 37.4. The Hall–Kier alpha value is -4.62. The average Bonchev–Trinajstić information content (AvgIpc) is 3.71. The van der Waals surface area contributed by atoms with Crippen molar-refractivity contribution in [2.45, 2.75) is 71.2 Å². The number of aliphatic carboxylic acids is 2. The number of aromatic amines is 1. The molecule has 2 atom stereocenters. The second-order valence-electron chi connectivity index (χ2n) is 11.7. The molecular weight excluding hydrogens is 580 g/mol. The van der Waals surface area contributed by atoms with Crippen molar-refractivity contribution >= 4 is 22.8 Å². The molecule has 0 aliphatic carbocycles. The molecule has 1 aliphatic rings. The quantitative estimate of drug-likeness (QED) is 0.220. The van der Waals surface area contributed by atoms with Crippen LogP contribution in [-0.4, -0.2) is 78.6 Å². The molecule has 0 spiro atoms. The first-order valence-corrected chi connectivity index (χ1v) is 14.8. The SMILES string of the molecule is CCC(C)(C)n1nnnc1C(c1cc2ccc(C)cc2[nH]c1=O)N(Cc1ccc(OC)cc1)CC1CCCO1.O=C(O)C(=O)O. The third-order valence-corrected chi connectivity index (χ3v) is 8.06. The predicted molar refractivity (Wildman–Crippen MR) is 166 cm³/mol. The Kier molecular flexibility index (Phi) is 10.7. The molecule has 3 N–H and O–H groups in total. The monoisotopic (exact) mass is 620 g/mol. The lowest BCUT2D eigenvalue weighted by atomic mass is 9.98. The van der Waals surface area contributed by atoms with E-state index >= 15 is 0 Å². The highest BCUT2D eigenvalue weighted by atomic mass is 16.5. The number of ether oxygens (including phenoxy) is 2. The van der Waals surface area contributed by atoms with Gasteiger partial charge in [0.05, 0.1) is 18.8 Å². The van der Waals surface area contributed by atoms with E-state index in [0.717, 1.165) is 53.6 Å². The van der Waals surface area contributed by atoms with E-state index in [0.29, 0.717) is 24.5 Å². The highest BCUT2D eigenvalue weighted by molar-refractivity contribution is 6.27. The summed E-state index contributed by atoms with van der Waals surface area (Å²) in [6.45, 7) is 10.3. The van der Waals surface area contributed by atoms with Crippen LogP contribution in [0.3, 0.4) is 0 Å². The van der Waals surface area contributed by atoms with Crippen molar-refractivity contribution in [1.29, 1.82) is 0 Å². The Balaban J connectivity index is 0.000000700. The maximum atomic E-state index is 13.8. The van der Waals surface area contributed by atoms with Crippen molar-refractivity contribution in [2.24, 2.45) is 0 Å². The van der Waals surface area contributed by atoms with E-state index < -0.39 is 18.0 Å². The Morgan fingerprint density at radius 2 is 1.87 bits per heavy atom. The number of H-pyrrole nitrogens is 1. The fraction of sp³-hybridized carbons (Fsp3) is 0.438. The number of fused-ring (bicyclic) bond motifs is 1. The number of nitrogens with zero attached hydrogens (tertiary/aromatic N) is 5. The lowest BCUT2D eigenvalue weighted by molar-refractivity contribution is -0.159. The Morgan fingerprint density at radius 3 is 2.47 bits per heavy atom. The highest BCUT2D eigenvalue weighted by Gasteiger charge is 2.36. The normalized spacial score (nSPS) is 15.5. The van der Waals surface area contributed by atoms with Crippen LogP contribution >= 0.6 is 0 Å². The van der Waals surface area contributed by atoms with Crippen LogP contribution in [0.2, 0.25) is 0 Å². The smallest absolute Gasteiger partial charge is 0.414 e. The zero-order valence-electron chi connectivity index (χ0n) is 26.2. The molecule has 13 nitrogen and oxygen atoms in total. The number of aryl methyl sites for hydroxylation is 1. The van der Waals surface area contributed by atoms with Gasteiger partial charge in [-0.2, -0.15) is 0 Å². The van der Waals surface area contributed by atoms with Crippen LogP contribution in [0.25, 0.3) is 10.9 Å². The molecular formula is C32H40N6O7. The highest BCUT2D eigenvalue weighted by Crippen LogP contribution is 2.33. The van der Waals surface area contributed by atoms with Crippen molar-refractivity contribution in [3.05, 3.63) is 81.4 Å². The van der Waals surface area contributed by atoms with Gasteiger partial charge in [0.25, 0.3) is 5.56 Å². The van der Waals surface area contributed by atoms with Gasteiger partial charge in [-0.1, -0.05) is 31.2 Å². The summed E-state index contributed by atoms with van der Waals surface area (Å²) in [5, 5.41) is 28.8. The maximum Gasteiger partial charge on any atom is 0.414 e. The maximum absolute atomic E-state index is 13.8. The molecule has 2 aromatic carbocycles. The molecule has 1 aliphatic heterocycles. The molecule has 2 aromatic heterocycles. The van der Waals surface area contributed by atoms with Crippen LogP contribution < -0.4 is 10.3 Å². The van der Waals surface area contributed by atoms with Crippen molar-refractivity contribution in [2.75, 3.05) is 20.3 Å². The summed E-state index contributed by atoms with van der Waals surface area (Å²) in [7, 11) is 1.66. The zero-order valence-corrected chi connectivity index (χ0v) is 26.2. The van der Waals surface area contributed by atoms with Gasteiger partial charge in [-0.25, -0.2) is 14.3 Å². The van der Waals surface area contributed by atoms with Crippen LogP contribution in [0.4, 0.5) is 0 Å². The lowest BCUT2D eigenvalue weighted by Crippen LogP contribution is -2.41. The standard InChI is InChI=1S/C30H38N6O3.C2H2O4/c1-6-30(3,4)36-28(32-33-34-36)27(25-17-22-12-9-20(2)16-26(22)31-29(25)37)35(19-24-8-7-15-39-24)18-21-10-13-23(38-5)14-11-21;3-1(4)2(5)6/h9-14,16-17,24,27H,6-8,15,18-19H2,1-5H3,(H,31,37);(H,3,4)(H,5,6). The van der Waals surface area contributed by atoms with Crippen LogP contribution in [0.15, 0.2) is 53.3 Å². The number of hydrogen-bond acceptors (Lipinski definition) is 9. The molecule has 2 unspecified atom stereocenters. The number of hydrogen-bond donors (Lipinski definition) is 3. The number of rotatable bonds is 10. The van der Waals surface area contributed by atoms with Gasteiger partial charge < -0.3 is 24.7 Å². The third-order valence-electron chi connectivity index (χ3n) is 8.06. The summed E-state index contributed by atoms with van der Waals surface area (Å²) in [6.07, 6.45) is 2.90. The summed E-state index contributed by atoms with van der Waals surface area (Å²) in [5.74, 6) is -2.20. The molecule has 1 saturated heterocycles. The molecule has 3 heterocycles. The van der Waals surface area contributed by atoms with Gasteiger partial charge in [-0.15, -0.1) is 5.10 Å².